The third-order valence-corrected chi connectivity index (χ3v) is 1.95. The Hall–Kier alpha value is -2.57. The van der Waals surface area contributed by atoms with Crippen LogP contribution in [-0.4, -0.2) is 40.2 Å². The van der Waals surface area contributed by atoms with Crippen molar-refractivity contribution in [3.63, 3.8) is 0 Å². The Kier molecular flexibility index (Phi) is 5.87. The first-order valence-corrected chi connectivity index (χ1v) is 5.54. The van der Waals surface area contributed by atoms with Gasteiger partial charge in [-0.15, -0.1) is 5.10 Å². The van der Waals surface area contributed by atoms with Crippen LogP contribution in [0.2, 0.25) is 0 Å². The number of H-pyrrole nitrogens is 1. The molecule has 2 rings (SSSR count). The fourth-order valence-electron chi connectivity index (χ4n) is 1.12. The van der Waals surface area contributed by atoms with E-state index in [1.807, 2.05) is 0 Å². The number of rotatable bonds is 3. The quantitative estimate of drug-likeness (QED) is 0.814. The van der Waals surface area contributed by atoms with E-state index in [1.165, 1.54) is 6.20 Å². The second-order valence-electron chi connectivity index (χ2n) is 3.28. The number of aromatic amines is 1. The largest absolute Gasteiger partial charge is 0.508 e. The maximum Gasteiger partial charge on any atom is 0.360 e. The van der Waals surface area contributed by atoms with Crippen LogP contribution < -0.4 is 4.74 Å². The molecule has 0 saturated heterocycles. The lowest BCUT2D eigenvalue weighted by Gasteiger charge is -1.97. The number of carbonyl (C=O) groups is 1. The van der Waals surface area contributed by atoms with E-state index < -0.39 is 5.97 Å². The zero-order chi connectivity index (χ0) is 14.1. The second kappa shape index (κ2) is 7.70. The molecule has 0 fully saturated rings. The highest BCUT2D eigenvalue weighted by Crippen LogP contribution is 2.16. The van der Waals surface area contributed by atoms with Gasteiger partial charge in [0.25, 0.3) is 0 Å². The van der Waals surface area contributed by atoms with E-state index >= 15 is 0 Å². The summed E-state index contributed by atoms with van der Waals surface area (Å²) >= 11 is 0. The predicted octanol–water partition coefficient (Wildman–Crippen LogP) is 1.38. The van der Waals surface area contributed by atoms with Gasteiger partial charge in [-0.1, -0.05) is 11.3 Å². The third kappa shape index (κ3) is 5.07. The summed E-state index contributed by atoms with van der Waals surface area (Å²) in [7, 11) is 1.56. The van der Waals surface area contributed by atoms with Crippen molar-refractivity contribution in [2.45, 2.75) is 6.92 Å². The van der Waals surface area contributed by atoms with Gasteiger partial charge in [-0.05, 0) is 19.1 Å². The van der Waals surface area contributed by atoms with Crippen LogP contribution in [0.4, 0.5) is 0 Å². The molecule has 0 aliphatic rings. The Bertz CT molecular complexity index is 499. The summed E-state index contributed by atoms with van der Waals surface area (Å²) in [4.78, 5) is 10.8. The average Bonchev–Trinajstić information content (AvgIpc) is 2.94. The average molecular weight is 265 g/mol. The molecule has 0 aliphatic heterocycles. The molecule has 102 valence electrons. The van der Waals surface area contributed by atoms with E-state index in [9.17, 15) is 4.79 Å². The van der Waals surface area contributed by atoms with Crippen LogP contribution in [0.15, 0.2) is 30.5 Å². The molecule has 0 amide bonds. The van der Waals surface area contributed by atoms with Gasteiger partial charge in [0, 0.05) is 6.07 Å². The molecule has 1 aromatic carbocycles. The summed E-state index contributed by atoms with van der Waals surface area (Å²) in [6, 6.07) is 6.66. The highest BCUT2D eigenvalue weighted by molar-refractivity contribution is 5.86. The van der Waals surface area contributed by atoms with Crippen molar-refractivity contribution in [2.24, 2.45) is 0 Å². The van der Waals surface area contributed by atoms with Crippen LogP contribution in [0.5, 0.6) is 11.5 Å². The Balaban J connectivity index is 0.000000191. The summed E-state index contributed by atoms with van der Waals surface area (Å²) in [6.45, 7) is 2.09. The molecule has 0 atom stereocenters. The molecule has 0 aliphatic carbocycles. The van der Waals surface area contributed by atoms with Crippen molar-refractivity contribution in [1.82, 2.24) is 15.4 Å². The molecule has 1 heterocycles. The molecular weight excluding hydrogens is 250 g/mol. The maximum atomic E-state index is 10.8. The number of hydrogen-bond donors (Lipinski definition) is 2. The Labute approximate surface area is 110 Å². The van der Waals surface area contributed by atoms with Gasteiger partial charge in [0.15, 0.2) is 5.69 Å². The number of nitrogens with zero attached hydrogens (tertiary/aromatic N) is 2. The third-order valence-electron chi connectivity index (χ3n) is 1.95. The minimum Gasteiger partial charge on any atom is -0.508 e. The monoisotopic (exact) mass is 265 g/mol. The topological polar surface area (TPSA) is 97.3 Å². The fourth-order valence-corrected chi connectivity index (χ4v) is 1.12. The lowest BCUT2D eigenvalue weighted by atomic mass is 10.3. The fraction of sp³-hybridized carbons (Fsp3) is 0.250. The summed E-state index contributed by atoms with van der Waals surface area (Å²) in [6.07, 6.45) is 1.39. The van der Waals surface area contributed by atoms with E-state index in [0.717, 1.165) is 0 Å². The normalized spacial score (nSPS) is 9.16. The Morgan fingerprint density at radius 1 is 1.47 bits per heavy atom. The standard InChI is InChI=1S/C7H8O2.C5H7N3O2/c1-9-7-4-2-3-6(8)5-7;1-2-10-5(9)4-3-6-8-7-4/h2-5,8H,1H3;3H,2H2,1H3,(H,6,7,8). The maximum absolute atomic E-state index is 10.8. The zero-order valence-electron chi connectivity index (χ0n) is 10.7. The van der Waals surface area contributed by atoms with Crippen LogP contribution in [0.1, 0.15) is 17.4 Å². The van der Waals surface area contributed by atoms with Crippen molar-refractivity contribution in [3.8, 4) is 11.5 Å². The van der Waals surface area contributed by atoms with Crippen LogP contribution in [0, 0.1) is 0 Å². The highest BCUT2D eigenvalue weighted by Gasteiger charge is 2.07. The van der Waals surface area contributed by atoms with Gasteiger partial charge in [0.05, 0.1) is 19.9 Å². The van der Waals surface area contributed by atoms with Crippen LogP contribution in [-0.2, 0) is 4.74 Å². The van der Waals surface area contributed by atoms with Gasteiger partial charge in [-0.3, -0.25) is 5.10 Å². The van der Waals surface area contributed by atoms with Gasteiger partial charge in [0.1, 0.15) is 11.5 Å². The number of esters is 1. The van der Waals surface area contributed by atoms with E-state index in [0.29, 0.717) is 12.4 Å². The molecule has 0 bridgehead atoms. The van der Waals surface area contributed by atoms with Gasteiger partial charge in [0.2, 0.25) is 0 Å². The summed E-state index contributed by atoms with van der Waals surface area (Å²) in [5, 5.41) is 18.1. The Morgan fingerprint density at radius 3 is 2.74 bits per heavy atom. The van der Waals surface area contributed by atoms with Crippen molar-refractivity contribution in [3.05, 3.63) is 36.2 Å². The first kappa shape index (κ1) is 14.5. The van der Waals surface area contributed by atoms with Crippen LogP contribution in [0.3, 0.4) is 0 Å². The van der Waals surface area contributed by atoms with E-state index in [2.05, 4.69) is 20.1 Å². The molecule has 7 heteroatoms. The number of hydrogen-bond acceptors (Lipinski definition) is 6. The minimum absolute atomic E-state index is 0.210. The minimum atomic E-state index is -0.448. The summed E-state index contributed by atoms with van der Waals surface area (Å²) in [5.41, 5.74) is 0.210. The van der Waals surface area contributed by atoms with Gasteiger partial charge < -0.3 is 14.6 Å². The predicted molar refractivity (Wildman–Crippen MR) is 67.0 cm³/mol. The van der Waals surface area contributed by atoms with Gasteiger partial charge in [-0.25, -0.2) is 4.79 Å². The smallest absolute Gasteiger partial charge is 0.360 e. The van der Waals surface area contributed by atoms with Gasteiger partial charge in [-0.2, -0.15) is 0 Å². The number of nitrogens with one attached hydrogen (secondary N) is 1. The molecular formula is C12H15N3O4. The molecule has 1 aromatic heterocycles. The molecule has 0 saturated carbocycles. The van der Waals surface area contributed by atoms with Crippen LogP contribution >= 0.6 is 0 Å². The number of phenolic OH excluding ortho intramolecular Hbond substituents is 1. The Morgan fingerprint density at radius 2 is 2.26 bits per heavy atom. The van der Waals surface area contributed by atoms with Crippen molar-refractivity contribution < 1.29 is 19.4 Å². The number of phenols is 1. The first-order valence-electron chi connectivity index (χ1n) is 5.54. The number of carbonyl (C=O) groups excluding carboxylic acids is 1. The molecule has 0 unspecified atom stereocenters. The van der Waals surface area contributed by atoms with E-state index in [-0.39, 0.29) is 11.4 Å². The molecule has 2 N–H and O–H groups in total. The second-order valence-corrected chi connectivity index (χ2v) is 3.28. The van der Waals surface area contributed by atoms with Crippen molar-refractivity contribution in [1.29, 1.82) is 0 Å². The van der Waals surface area contributed by atoms with Crippen LogP contribution in [0.25, 0.3) is 0 Å². The number of methoxy groups -OCH3 is 1. The SMILES string of the molecule is CCOC(=O)c1c[nH]nn1.COc1cccc(O)c1. The number of aromatic hydroxyl groups is 1. The molecule has 0 spiro atoms. The summed E-state index contributed by atoms with van der Waals surface area (Å²) in [5.74, 6) is 0.459. The lowest BCUT2D eigenvalue weighted by molar-refractivity contribution is 0.0519. The van der Waals surface area contributed by atoms with Gasteiger partial charge >= 0.3 is 5.97 Å². The van der Waals surface area contributed by atoms with Crippen molar-refractivity contribution >= 4 is 5.97 Å². The number of benzene rings is 1. The van der Waals surface area contributed by atoms with Crippen molar-refractivity contribution in [2.75, 3.05) is 13.7 Å². The number of aromatic nitrogens is 3. The molecule has 0 radical (unpaired) electrons. The zero-order valence-corrected chi connectivity index (χ0v) is 10.7. The molecule has 7 nitrogen and oxygen atoms in total. The lowest BCUT2D eigenvalue weighted by Crippen LogP contribution is -2.04. The van der Waals surface area contributed by atoms with E-state index in [1.54, 1.807) is 38.3 Å². The van der Waals surface area contributed by atoms with E-state index in [4.69, 9.17) is 9.84 Å². The highest BCUT2D eigenvalue weighted by atomic mass is 16.5. The molecule has 19 heavy (non-hydrogen) atoms. The number of ether oxygens (including phenoxy) is 2. The first-order chi connectivity index (χ1) is 9.17. The summed E-state index contributed by atoms with van der Waals surface area (Å²) < 4.78 is 9.46. The molecule has 2 aromatic rings.